The number of nitrogens with zero attached hydrogens (tertiary/aromatic N) is 1. The van der Waals surface area contributed by atoms with Crippen LogP contribution in [0.2, 0.25) is 0 Å². The molecule has 0 aromatic carbocycles. The average Bonchev–Trinajstić information content (AvgIpc) is 2.14. The topological polar surface area (TPSA) is 65.4 Å². The first kappa shape index (κ1) is 9.88. The number of aromatic nitrogens is 1. The first-order valence-electron chi connectivity index (χ1n) is 3.87. The summed E-state index contributed by atoms with van der Waals surface area (Å²) in [6.45, 7) is -0.455. The lowest BCUT2D eigenvalue weighted by atomic mass is 10.3. The predicted octanol–water partition coefficient (Wildman–Crippen LogP) is -0.0142. The first-order chi connectivity index (χ1) is 6.26. The minimum atomic E-state index is -0.598. The molecule has 0 amide bonds. The van der Waals surface area contributed by atoms with E-state index in [2.05, 4.69) is 10.3 Å². The van der Waals surface area contributed by atoms with Crippen LogP contribution in [0.25, 0.3) is 0 Å². The Bertz CT molecular complexity index is 266. The van der Waals surface area contributed by atoms with Gasteiger partial charge in [-0.25, -0.2) is 4.98 Å². The van der Waals surface area contributed by atoms with Crippen LogP contribution in [0.4, 0.5) is 10.2 Å². The fourth-order valence-electron chi connectivity index (χ4n) is 0.847. The summed E-state index contributed by atoms with van der Waals surface area (Å²) < 4.78 is 12.5. The number of aliphatic hydroxyl groups is 2. The number of hydrogen-bond acceptors (Lipinski definition) is 4. The quantitative estimate of drug-likeness (QED) is 0.578. The van der Waals surface area contributed by atoms with Crippen molar-refractivity contribution in [2.75, 3.05) is 18.5 Å². The standard InChI is InChI=1S/C8H11FN2O2/c9-7-2-1-3-8(11-7)10-6(4-12)5-13/h1-3,6,12-13H,4-5H2,(H,10,11). The Morgan fingerprint density at radius 2 is 2.08 bits per heavy atom. The molecular weight excluding hydrogens is 175 g/mol. The predicted molar refractivity (Wildman–Crippen MR) is 45.8 cm³/mol. The van der Waals surface area contributed by atoms with Crippen LogP contribution >= 0.6 is 0 Å². The van der Waals surface area contributed by atoms with Crippen molar-refractivity contribution in [1.82, 2.24) is 4.98 Å². The Kier molecular flexibility index (Phi) is 3.60. The van der Waals surface area contributed by atoms with Gasteiger partial charge in [-0.15, -0.1) is 0 Å². The molecule has 0 unspecified atom stereocenters. The van der Waals surface area contributed by atoms with Gasteiger partial charge in [0, 0.05) is 0 Å². The summed E-state index contributed by atoms with van der Waals surface area (Å²) in [7, 11) is 0. The highest BCUT2D eigenvalue weighted by Gasteiger charge is 2.05. The Morgan fingerprint density at radius 1 is 1.38 bits per heavy atom. The highest BCUT2D eigenvalue weighted by Crippen LogP contribution is 2.04. The maximum absolute atomic E-state index is 12.5. The van der Waals surface area contributed by atoms with Crippen molar-refractivity contribution in [2.45, 2.75) is 6.04 Å². The van der Waals surface area contributed by atoms with Crippen molar-refractivity contribution in [3.05, 3.63) is 24.1 Å². The number of hydrogen-bond donors (Lipinski definition) is 3. The SMILES string of the molecule is OCC(CO)Nc1cccc(F)n1. The molecule has 3 N–H and O–H groups in total. The van der Waals surface area contributed by atoms with Crippen molar-refractivity contribution < 1.29 is 14.6 Å². The summed E-state index contributed by atoms with van der Waals surface area (Å²) in [5, 5.41) is 20.1. The van der Waals surface area contributed by atoms with Crippen LogP contribution in [-0.4, -0.2) is 34.5 Å². The lowest BCUT2D eigenvalue weighted by Gasteiger charge is -2.13. The van der Waals surface area contributed by atoms with Crippen LogP contribution in [0, 0.1) is 5.95 Å². The summed E-state index contributed by atoms with van der Waals surface area (Å²) in [6.07, 6.45) is 0. The van der Waals surface area contributed by atoms with Crippen molar-refractivity contribution in [3.8, 4) is 0 Å². The van der Waals surface area contributed by atoms with Gasteiger partial charge in [0.2, 0.25) is 5.95 Å². The Morgan fingerprint density at radius 3 is 2.62 bits per heavy atom. The molecule has 0 aliphatic carbocycles. The van der Waals surface area contributed by atoms with Crippen molar-refractivity contribution in [1.29, 1.82) is 0 Å². The third-order valence-corrected chi connectivity index (χ3v) is 1.51. The summed E-state index contributed by atoms with van der Waals surface area (Å²) in [5.74, 6) is -0.298. The fraction of sp³-hybridized carbons (Fsp3) is 0.375. The molecule has 0 fully saturated rings. The summed E-state index contributed by atoms with van der Waals surface area (Å²) in [6, 6.07) is 3.77. The molecule has 0 saturated carbocycles. The molecular formula is C8H11FN2O2. The van der Waals surface area contributed by atoms with Gasteiger partial charge in [0.25, 0.3) is 0 Å². The van der Waals surface area contributed by atoms with Crippen LogP contribution in [-0.2, 0) is 0 Å². The van der Waals surface area contributed by atoms with E-state index >= 15 is 0 Å². The molecule has 13 heavy (non-hydrogen) atoms. The van der Waals surface area contributed by atoms with Crippen LogP contribution < -0.4 is 5.32 Å². The molecule has 0 atom stereocenters. The molecule has 1 heterocycles. The molecule has 0 bridgehead atoms. The van der Waals surface area contributed by atoms with E-state index < -0.39 is 12.0 Å². The zero-order chi connectivity index (χ0) is 9.68. The summed E-state index contributed by atoms with van der Waals surface area (Å²) in [5.41, 5.74) is 0. The van der Waals surface area contributed by atoms with E-state index in [0.29, 0.717) is 5.82 Å². The summed E-state index contributed by atoms with van der Waals surface area (Å²) in [4.78, 5) is 3.51. The highest BCUT2D eigenvalue weighted by atomic mass is 19.1. The molecule has 1 aromatic rings. The van der Waals surface area contributed by atoms with Crippen LogP contribution in [0.5, 0.6) is 0 Å². The zero-order valence-electron chi connectivity index (χ0n) is 6.94. The lowest BCUT2D eigenvalue weighted by Crippen LogP contribution is -2.28. The van der Waals surface area contributed by atoms with Gasteiger partial charge in [0.1, 0.15) is 5.82 Å². The normalized spacial score (nSPS) is 10.5. The average molecular weight is 186 g/mol. The highest BCUT2D eigenvalue weighted by molar-refractivity contribution is 5.34. The Hall–Kier alpha value is -1.20. The van der Waals surface area contributed by atoms with Crippen molar-refractivity contribution in [2.24, 2.45) is 0 Å². The minimum absolute atomic E-state index is 0.227. The van der Waals surface area contributed by atoms with Crippen molar-refractivity contribution in [3.63, 3.8) is 0 Å². The smallest absolute Gasteiger partial charge is 0.214 e. The van der Waals surface area contributed by atoms with Gasteiger partial charge in [-0.1, -0.05) is 6.07 Å². The first-order valence-corrected chi connectivity index (χ1v) is 3.87. The zero-order valence-corrected chi connectivity index (χ0v) is 6.94. The maximum atomic E-state index is 12.5. The molecule has 1 rings (SSSR count). The molecule has 0 spiro atoms. The van der Waals surface area contributed by atoms with E-state index in [-0.39, 0.29) is 13.2 Å². The van der Waals surface area contributed by atoms with Gasteiger partial charge in [0.15, 0.2) is 0 Å². The van der Waals surface area contributed by atoms with Gasteiger partial charge < -0.3 is 15.5 Å². The molecule has 5 heteroatoms. The molecule has 0 aliphatic rings. The monoisotopic (exact) mass is 186 g/mol. The van der Waals surface area contributed by atoms with E-state index in [1.165, 1.54) is 12.1 Å². The van der Waals surface area contributed by atoms with Crippen LogP contribution in [0.3, 0.4) is 0 Å². The second-order valence-electron chi connectivity index (χ2n) is 2.55. The number of rotatable bonds is 4. The maximum Gasteiger partial charge on any atom is 0.214 e. The Balaban J connectivity index is 2.62. The van der Waals surface area contributed by atoms with Crippen LogP contribution in [0.1, 0.15) is 0 Å². The van der Waals surface area contributed by atoms with E-state index in [1.807, 2.05) is 0 Å². The third kappa shape index (κ3) is 2.96. The lowest BCUT2D eigenvalue weighted by molar-refractivity contribution is 0.203. The van der Waals surface area contributed by atoms with E-state index in [9.17, 15) is 4.39 Å². The second-order valence-corrected chi connectivity index (χ2v) is 2.55. The molecule has 4 nitrogen and oxygen atoms in total. The van der Waals surface area contributed by atoms with E-state index in [0.717, 1.165) is 0 Å². The van der Waals surface area contributed by atoms with Gasteiger partial charge in [-0.2, -0.15) is 4.39 Å². The van der Waals surface area contributed by atoms with Crippen LogP contribution in [0.15, 0.2) is 18.2 Å². The number of pyridine rings is 1. The molecule has 0 saturated heterocycles. The number of anilines is 1. The fourth-order valence-corrected chi connectivity index (χ4v) is 0.847. The second kappa shape index (κ2) is 4.74. The number of halogens is 1. The largest absolute Gasteiger partial charge is 0.394 e. The summed E-state index contributed by atoms with van der Waals surface area (Å²) >= 11 is 0. The van der Waals surface area contributed by atoms with Gasteiger partial charge in [0.05, 0.1) is 19.3 Å². The molecule has 1 aromatic heterocycles. The minimum Gasteiger partial charge on any atom is -0.394 e. The molecule has 0 aliphatic heterocycles. The third-order valence-electron chi connectivity index (χ3n) is 1.51. The van der Waals surface area contributed by atoms with E-state index in [4.69, 9.17) is 10.2 Å². The van der Waals surface area contributed by atoms with Gasteiger partial charge >= 0.3 is 0 Å². The number of aliphatic hydroxyl groups excluding tert-OH is 2. The number of nitrogens with one attached hydrogen (secondary N) is 1. The Labute approximate surface area is 75.0 Å². The van der Waals surface area contributed by atoms with Gasteiger partial charge in [-0.3, -0.25) is 0 Å². The van der Waals surface area contributed by atoms with Crippen molar-refractivity contribution >= 4 is 5.82 Å². The molecule has 72 valence electrons. The molecule has 0 radical (unpaired) electrons. The van der Waals surface area contributed by atoms with E-state index in [1.54, 1.807) is 6.07 Å². The van der Waals surface area contributed by atoms with Gasteiger partial charge in [-0.05, 0) is 12.1 Å².